The van der Waals surface area contributed by atoms with Gasteiger partial charge in [-0.25, -0.2) is 4.79 Å². The van der Waals surface area contributed by atoms with E-state index in [9.17, 15) is 9.59 Å². The minimum atomic E-state index is -0.990. The first-order chi connectivity index (χ1) is 17.3. The summed E-state index contributed by atoms with van der Waals surface area (Å²) in [6.45, 7) is 4.58. The number of hydrogen-bond donors (Lipinski definition) is 2. The van der Waals surface area contributed by atoms with Crippen molar-refractivity contribution in [1.29, 1.82) is 0 Å². The molecule has 2 aromatic carbocycles. The molecule has 1 heterocycles. The summed E-state index contributed by atoms with van der Waals surface area (Å²) in [7, 11) is 4.11. The van der Waals surface area contributed by atoms with E-state index < -0.39 is 5.97 Å². The molecule has 0 aromatic heterocycles. The zero-order valence-electron chi connectivity index (χ0n) is 21.4. The van der Waals surface area contributed by atoms with E-state index in [-0.39, 0.29) is 11.3 Å². The normalized spacial score (nSPS) is 18.2. The quantitative estimate of drug-likeness (QED) is 0.529. The van der Waals surface area contributed by atoms with Crippen molar-refractivity contribution in [3.8, 4) is 0 Å². The van der Waals surface area contributed by atoms with Crippen molar-refractivity contribution in [2.24, 2.45) is 5.41 Å². The van der Waals surface area contributed by atoms with E-state index in [0.717, 1.165) is 70.0 Å². The molecule has 0 spiro atoms. The van der Waals surface area contributed by atoms with E-state index in [2.05, 4.69) is 58.4 Å². The molecule has 2 fully saturated rings. The van der Waals surface area contributed by atoms with E-state index in [4.69, 9.17) is 5.11 Å². The predicted molar refractivity (Wildman–Crippen MR) is 147 cm³/mol. The number of carbonyl (C=O) groups excluding carboxylic acids is 1. The monoisotopic (exact) mass is 490 g/mol. The average Bonchev–Trinajstić information content (AvgIpc) is 2.89. The van der Waals surface area contributed by atoms with Gasteiger partial charge >= 0.3 is 5.97 Å². The molecule has 2 aromatic rings. The second kappa shape index (κ2) is 11.6. The topological polar surface area (TPSA) is 76.1 Å². The lowest BCUT2D eigenvalue weighted by Crippen LogP contribution is -2.53. The third-order valence-corrected chi connectivity index (χ3v) is 7.49. The van der Waals surface area contributed by atoms with Crippen LogP contribution in [0.4, 0.5) is 17.1 Å². The highest BCUT2D eigenvalue weighted by Gasteiger charge is 2.41. The molecule has 0 radical (unpaired) electrons. The fourth-order valence-electron chi connectivity index (χ4n) is 5.39. The highest BCUT2D eigenvalue weighted by atomic mass is 16.4. The Morgan fingerprint density at radius 2 is 1.69 bits per heavy atom. The minimum absolute atomic E-state index is 0.0864. The number of benzene rings is 2. The summed E-state index contributed by atoms with van der Waals surface area (Å²) < 4.78 is 0. The van der Waals surface area contributed by atoms with Crippen LogP contribution in [-0.4, -0.2) is 68.7 Å². The maximum atomic E-state index is 13.6. The first kappa shape index (κ1) is 25.8. The van der Waals surface area contributed by atoms with Crippen molar-refractivity contribution < 1.29 is 14.7 Å². The number of nitrogens with zero attached hydrogens (tertiary/aromatic N) is 3. The molecule has 1 saturated heterocycles. The lowest BCUT2D eigenvalue weighted by Gasteiger charge is -2.43. The van der Waals surface area contributed by atoms with Crippen LogP contribution in [0.5, 0.6) is 0 Å². The lowest BCUT2D eigenvalue weighted by molar-refractivity contribution is -0.131. The Balaban J connectivity index is 1.39. The number of rotatable bonds is 8. The number of aliphatic carboxylic acids is 1. The standard InChI is InChI=1S/C29H38N4O3/c1-31(2)25-10-12-26(13-11-25)33-19-17-32(18-20-33)22-29(15-4-3-5-16-29)28(36)30-24-8-6-7-23(21-24)9-14-27(34)35/h6-14,21H,3-5,15-20,22H2,1-2H3,(H,30,36)(H,34,35)/b14-9+. The minimum Gasteiger partial charge on any atom is -0.478 e. The number of carboxylic acids is 1. The van der Waals surface area contributed by atoms with Crippen LogP contribution in [0.3, 0.4) is 0 Å². The van der Waals surface area contributed by atoms with E-state index in [1.165, 1.54) is 17.8 Å². The van der Waals surface area contributed by atoms with Gasteiger partial charge in [0.1, 0.15) is 0 Å². The molecule has 192 valence electrons. The number of hydrogen-bond acceptors (Lipinski definition) is 5. The molecule has 7 heteroatoms. The second-order valence-electron chi connectivity index (χ2n) is 10.3. The average molecular weight is 491 g/mol. The van der Waals surface area contributed by atoms with E-state index in [1.54, 1.807) is 6.08 Å². The Hall–Kier alpha value is -3.32. The maximum Gasteiger partial charge on any atom is 0.328 e. The van der Waals surface area contributed by atoms with E-state index >= 15 is 0 Å². The van der Waals surface area contributed by atoms with Crippen molar-refractivity contribution in [3.05, 3.63) is 60.2 Å². The van der Waals surface area contributed by atoms with Gasteiger partial charge < -0.3 is 20.2 Å². The number of anilines is 3. The number of piperazine rings is 1. The number of amides is 1. The van der Waals surface area contributed by atoms with Crippen molar-refractivity contribution in [2.45, 2.75) is 32.1 Å². The Morgan fingerprint density at radius 1 is 1.00 bits per heavy atom. The summed E-state index contributed by atoms with van der Waals surface area (Å²) >= 11 is 0. The summed E-state index contributed by atoms with van der Waals surface area (Å²) in [5.74, 6) is -0.903. The fourth-order valence-corrected chi connectivity index (χ4v) is 5.39. The van der Waals surface area contributed by atoms with E-state index in [1.807, 2.05) is 24.3 Å². The first-order valence-electron chi connectivity index (χ1n) is 12.9. The summed E-state index contributed by atoms with van der Waals surface area (Å²) in [5.41, 5.74) is 3.53. The lowest BCUT2D eigenvalue weighted by atomic mass is 9.72. The summed E-state index contributed by atoms with van der Waals surface area (Å²) in [4.78, 5) is 31.5. The number of carboxylic acid groups (broad SMARTS) is 1. The number of carbonyl (C=O) groups is 2. The highest BCUT2D eigenvalue weighted by molar-refractivity contribution is 5.96. The second-order valence-corrected chi connectivity index (χ2v) is 10.3. The molecule has 36 heavy (non-hydrogen) atoms. The van der Waals surface area contributed by atoms with Gasteiger partial charge in [0.05, 0.1) is 5.41 Å². The largest absolute Gasteiger partial charge is 0.478 e. The molecule has 1 saturated carbocycles. The summed E-state index contributed by atoms with van der Waals surface area (Å²) in [5, 5.41) is 12.1. The SMILES string of the molecule is CN(C)c1ccc(N2CCN(CC3(C(=O)Nc4cccc(/C=C/C(=O)O)c4)CCCCC3)CC2)cc1. The molecule has 1 aliphatic heterocycles. The van der Waals surface area contributed by atoms with Gasteiger partial charge in [-0.3, -0.25) is 9.69 Å². The third kappa shape index (κ3) is 6.46. The van der Waals surface area contributed by atoms with Crippen LogP contribution in [0.2, 0.25) is 0 Å². The molecule has 0 atom stereocenters. The molecule has 1 aliphatic carbocycles. The maximum absolute atomic E-state index is 13.6. The summed E-state index contributed by atoms with van der Waals surface area (Å²) in [6, 6.07) is 16.1. The Bertz CT molecular complexity index is 1070. The molecular formula is C29H38N4O3. The molecular weight excluding hydrogens is 452 g/mol. The van der Waals surface area contributed by atoms with E-state index in [0.29, 0.717) is 5.69 Å². The van der Waals surface area contributed by atoms with Gasteiger partial charge in [0.25, 0.3) is 0 Å². The molecule has 2 aliphatic rings. The number of nitrogens with one attached hydrogen (secondary N) is 1. The van der Waals surface area contributed by atoms with Gasteiger partial charge in [-0.1, -0.05) is 31.4 Å². The highest BCUT2D eigenvalue weighted by Crippen LogP contribution is 2.39. The van der Waals surface area contributed by atoms with Gasteiger partial charge in [-0.05, 0) is 60.9 Å². The predicted octanol–water partition coefficient (Wildman–Crippen LogP) is 4.56. The van der Waals surface area contributed by atoms with Gasteiger partial charge in [0.2, 0.25) is 5.91 Å². The van der Waals surface area contributed by atoms with Gasteiger partial charge in [-0.2, -0.15) is 0 Å². The molecule has 7 nitrogen and oxygen atoms in total. The van der Waals surface area contributed by atoms with Crippen LogP contribution in [0.25, 0.3) is 6.08 Å². The molecule has 1 amide bonds. The van der Waals surface area contributed by atoms with Crippen LogP contribution < -0.4 is 15.1 Å². The smallest absolute Gasteiger partial charge is 0.328 e. The Kier molecular flexibility index (Phi) is 8.31. The van der Waals surface area contributed by atoms with Crippen molar-refractivity contribution in [3.63, 3.8) is 0 Å². The van der Waals surface area contributed by atoms with Crippen LogP contribution in [-0.2, 0) is 9.59 Å². The third-order valence-electron chi connectivity index (χ3n) is 7.49. The zero-order valence-corrected chi connectivity index (χ0v) is 21.4. The van der Waals surface area contributed by atoms with Crippen molar-refractivity contribution in [2.75, 3.05) is 61.9 Å². The van der Waals surface area contributed by atoms with Crippen LogP contribution in [0.15, 0.2) is 54.6 Å². The van der Waals surface area contributed by atoms with Gasteiger partial charge in [0, 0.05) is 70.0 Å². The van der Waals surface area contributed by atoms with Crippen LogP contribution in [0, 0.1) is 5.41 Å². The van der Waals surface area contributed by atoms with Crippen molar-refractivity contribution >= 4 is 35.0 Å². The molecule has 4 rings (SSSR count). The Morgan fingerprint density at radius 3 is 2.33 bits per heavy atom. The molecule has 2 N–H and O–H groups in total. The Labute approximate surface area is 214 Å². The molecule has 0 unspecified atom stereocenters. The van der Waals surface area contributed by atoms with Crippen LogP contribution in [0.1, 0.15) is 37.7 Å². The first-order valence-corrected chi connectivity index (χ1v) is 12.9. The van der Waals surface area contributed by atoms with Gasteiger partial charge in [-0.15, -0.1) is 0 Å². The van der Waals surface area contributed by atoms with Gasteiger partial charge in [0.15, 0.2) is 0 Å². The van der Waals surface area contributed by atoms with Crippen LogP contribution >= 0.6 is 0 Å². The molecule has 0 bridgehead atoms. The van der Waals surface area contributed by atoms with Crippen molar-refractivity contribution in [1.82, 2.24) is 4.90 Å². The zero-order chi connectivity index (χ0) is 25.5. The fraction of sp³-hybridized carbons (Fsp3) is 0.448. The summed E-state index contributed by atoms with van der Waals surface area (Å²) in [6.07, 6.45) is 7.80.